The molecule has 120 valence electrons. The van der Waals surface area contributed by atoms with E-state index >= 15 is 0 Å². The van der Waals surface area contributed by atoms with Crippen molar-refractivity contribution in [3.8, 4) is 0 Å². The molecule has 23 heavy (non-hydrogen) atoms. The number of rotatable bonds is 3. The highest BCUT2D eigenvalue weighted by Gasteiger charge is 2.35. The number of carbonyl (C=O) groups excluding carboxylic acids is 1. The Morgan fingerprint density at radius 2 is 1.87 bits per heavy atom. The molecule has 0 bridgehead atoms. The fraction of sp³-hybridized carbons (Fsp3) is 0.235. The van der Waals surface area contributed by atoms with Gasteiger partial charge in [0.05, 0.1) is 6.54 Å². The molecular weight excluding hydrogens is 320 g/mol. The first kappa shape index (κ1) is 16.0. The second-order valence-electron chi connectivity index (χ2n) is 5.46. The molecule has 2 aromatic rings. The molecular formula is C17H15F2NO2S. The molecule has 2 aromatic carbocycles. The van der Waals surface area contributed by atoms with Gasteiger partial charge >= 0.3 is 0 Å². The lowest BCUT2D eigenvalue weighted by molar-refractivity contribution is 0.0549. The van der Waals surface area contributed by atoms with Crippen molar-refractivity contribution in [2.24, 2.45) is 0 Å². The number of amides is 1. The zero-order chi connectivity index (χ0) is 16.4. The van der Waals surface area contributed by atoms with Gasteiger partial charge in [-0.1, -0.05) is 30.3 Å². The van der Waals surface area contributed by atoms with Crippen LogP contribution in [0.25, 0.3) is 0 Å². The Kier molecular flexibility index (Phi) is 4.37. The summed E-state index contributed by atoms with van der Waals surface area (Å²) in [4.78, 5) is 12.1. The number of benzene rings is 2. The highest BCUT2D eigenvalue weighted by atomic mass is 32.2. The molecule has 0 aromatic heterocycles. The average Bonchev–Trinajstić information content (AvgIpc) is 2.53. The summed E-state index contributed by atoms with van der Waals surface area (Å²) in [5.74, 6) is -1.53. The number of halogens is 2. The quantitative estimate of drug-likeness (QED) is 0.907. The lowest BCUT2D eigenvalue weighted by atomic mass is 9.91. The molecule has 3 nitrogen and oxygen atoms in total. The largest absolute Gasteiger partial charge is 0.382 e. The zero-order valence-corrected chi connectivity index (χ0v) is 13.0. The van der Waals surface area contributed by atoms with E-state index in [0.29, 0.717) is 5.75 Å². The van der Waals surface area contributed by atoms with Crippen molar-refractivity contribution in [1.29, 1.82) is 0 Å². The molecule has 1 heterocycles. The van der Waals surface area contributed by atoms with Crippen LogP contribution < -0.4 is 5.32 Å². The first-order valence-electron chi connectivity index (χ1n) is 7.12. The molecule has 0 radical (unpaired) electrons. The van der Waals surface area contributed by atoms with Gasteiger partial charge in [0.2, 0.25) is 0 Å². The number of hydrogen-bond donors (Lipinski definition) is 2. The minimum absolute atomic E-state index is 0.108. The maximum atomic E-state index is 13.6. The summed E-state index contributed by atoms with van der Waals surface area (Å²) in [6.07, 6.45) is 0. The van der Waals surface area contributed by atoms with Crippen molar-refractivity contribution >= 4 is 17.7 Å². The Balaban J connectivity index is 1.80. The van der Waals surface area contributed by atoms with Gasteiger partial charge < -0.3 is 10.4 Å². The van der Waals surface area contributed by atoms with Crippen LogP contribution >= 0.6 is 11.8 Å². The Morgan fingerprint density at radius 1 is 1.17 bits per heavy atom. The minimum atomic E-state index is -1.25. The molecule has 0 saturated carbocycles. The fourth-order valence-corrected chi connectivity index (χ4v) is 3.85. The van der Waals surface area contributed by atoms with Crippen LogP contribution in [0.1, 0.15) is 21.5 Å². The Bertz CT molecular complexity index is 733. The second kappa shape index (κ2) is 6.29. The van der Waals surface area contributed by atoms with Crippen LogP contribution in [0.3, 0.4) is 0 Å². The molecule has 2 N–H and O–H groups in total. The van der Waals surface area contributed by atoms with E-state index in [1.165, 1.54) is 6.07 Å². The van der Waals surface area contributed by atoms with Gasteiger partial charge in [-0.2, -0.15) is 11.8 Å². The summed E-state index contributed by atoms with van der Waals surface area (Å²) in [6.45, 7) is -0.108. The molecule has 1 atom stereocenters. The van der Waals surface area contributed by atoms with E-state index in [2.05, 4.69) is 5.32 Å². The Hall–Kier alpha value is -1.92. The highest BCUT2D eigenvalue weighted by molar-refractivity contribution is 7.98. The molecule has 1 aliphatic rings. The summed E-state index contributed by atoms with van der Waals surface area (Å²) in [6, 6.07) is 10.7. The molecule has 0 spiro atoms. The lowest BCUT2D eigenvalue weighted by Gasteiger charge is -2.34. The summed E-state index contributed by atoms with van der Waals surface area (Å²) in [5, 5.41) is 13.3. The standard InChI is InChI=1S/C17H15F2NO2S/c18-13-6-3-7-14(19)15(13)16(21)20-9-17(22)10-23-8-11-4-1-2-5-12(11)17/h1-7,22H,8-10H2,(H,20,21). The third-order valence-electron chi connectivity index (χ3n) is 3.85. The molecule has 0 aliphatic carbocycles. The molecule has 0 saturated heterocycles. The smallest absolute Gasteiger partial charge is 0.257 e. The van der Waals surface area contributed by atoms with Crippen molar-refractivity contribution < 1.29 is 18.7 Å². The van der Waals surface area contributed by atoms with Crippen molar-refractivity contribution in [3.05, 3.63) is 70.8 Å². The molecule has 1 aliphatic heterocycles. The van der Waals surface area contributed by atoms with Gasteiger partial charge in [0.15, 0.2) is 0 Å². The second-order valence-corrected chi connectivity index (χ2v) is 6.45. The molecule has 3 rings (SSSR count). The number of fused-ring (bicyclic) bond motifs is 1. The van der Waals surface area contributed by atoms with Crippen molar-refractivity contribution in [3.63, 3.8) is 0 Å². The van der Waals surface area contributed by atoms with Crippen LogP contribution in [0.15, 0.2) is 42.5 Å². The van der Waals surface area contributed by atoms with Crippen LogP contribution in [0.5, 0.6) is 0 Å². The molecule has 1 unspecified atom stereocenters. The van der Waals surface area contributed by atoms with Crippen LogP contribution in [0.2, 0.25) is 0 Å². The third kappa shape index (κ3) is 3.09. The molecule has 1 amide bonds. The Labute approximate surface area is 136 Å². The van der Waals surface area contributed by atoms with Gasteiger partial charge in [0.25, 0.3) is 5.91 Å². The fourth-order valence-electron chi connectivity index (χ4n) is 2.68. The monoisotopic (exact) mass is 335 g/mol. The molecule has 0 fully saturated rings. The van der Waals surface area contributed by atoms with Crippen molar-refractivity contribution in [2.75, 3.05) is 12.3 Å². The first-order valence-corrected chi connectivity index (χ1v) is 8.27. The summed E-state index contributed by atoms with van der Waals surface area (Å²) < 4.78 is 27.3. The Morgan fingerprint density at radius 3 is 2.61 bits per heavy atom. The van der Waals surface area contributed by atoms with Crippen molar-refractivity contribution in [1.82, 2.24) is 5.32 Å². The van der Waals surface area contributed by atoms with E-state index in [1.54, 1.807) is 11.8 Å². The minimum Gasteiger partial charge on any atom is -0.382 e. The van der Waals surface area contributed by atoms with Crippen LogP contribution in [-0.4, -0.2) is 23.3 Å². The summed E-state index contributed by atoms with van der Waals surface area (Å²) in [7, 11) is 0. The van der Waals surface area contributed by atoms with E-state index < -0.39 is 28.7 Å². The van der Waals surface area contributed by atoms with E-state index in [-0.39, 0.29) is 6.54 Å². The third-order valence-corrected chi connectivity index (χ3v) is 5.05. The van der Waals surface area contributed by atoms with E-state index in [9.17, 15) is 18.7 Å². The first-order chi connectivity index (χ1) is 11.0. The average molecular weight is 335 g/mol. The van der Waals surface area contributed by atoms with Crippen molar-refractivity contribution in [2.45, 2.75) is 11.4 Å². The number of nitrogens with one attached hydrogen (secondary N) is 1. The summed E-state index contributed by atoms with van der Waals surface area (Å²) in [5.41, 5.74) is -0.143. The van der Waals surface area contributed by atoms with Gasteiger partial charge in [-0.15, -0.1) is 0 Å². The lowest BCUT2D eigenvalue weighted by Crippen LogP contribution is -2.44. The van der Waals surface area contributed by atoms with Gasteiger partial charge in [0.1, 0.15) is 22.8 Å². The molecule has 6 heteroatoms. The normalized spacial score (nSPS) is 20.0. The van der Waals surface area contributed by atoms with Gasteiger partial charge in [-0.3, -0.25) is 4.79 Å². The number of hydrogen-bond acceptors (Lipinski definition) is 3. The van der Waals surface area contributed by atoms with Gasteiger partial charge in [-0.25, -0.2) is 8.78 Å². The maximum absolute atomic E-state index is 13.6. The zero-order valence-electron chi connectivity index (χ0n) is 12.2. The van der Waals surface area contributed by atoms with E-state index in [0.717, 1.165) is 29.0 Å². The van der Waals surface area contributed by atoms with E-state index in [4.69, 9.17) is 0 Å². The number of aliphatic hydroxyl groups is 1. The van der Waals surface area contributed by atoms with Crippen LogP contribution in [-0.2, 0) is 11.4 Å². The number of carbonyl (C=O) groups is 1. The van der Waals surface area contributed by atoms with Gasteiger partial charge in [-0.05, 0) is 23.3 Å². The maximum Gasteiger partial charge on any atom is 0.257 e. The predicted molar refractivity (Wildman–Crippen MR) is 85.2 cm³/mol. The van der Waals surface area contributed by atoms with Crippen LogP contribution in [0.4, 0.5) is 8.78 Å². The topological polar surface area (TPSA) is 49.3 Å². The highest BCUT2D eigenvalue weighted by Crippen LogP contribution is 2.35. The SMILES string of the molecule is O=C(NCC1(O)CSCc2ccccc21)c1c(F)cccc1F. The van der Waals surface area contributed by atoms with E-state index in [1.807, 2.05) is 24.3 Å². The number of thioether (sulfide) groups is 1. The summed E-state index contributed by atoms with van der Waals surface area (Å²) >= 11 is 1.55. The predicted octanol–water partition coefficient (Wildman–Crippen LogP) is 2.83. The van der Waals surface area contributed by atoms with Gasteiger partial charge in [0, 0.05) is 11.5 Å². The van der Waals surface area contributed by atoms with Crippen LogP contribution in [0, 0.1) is 11.6 Å².